The van der Waals surface area contributed by atoms with Gasteiger partial charge in [-0.15, -0.1) is 0 Å². The average Bonchev–Trinajstić information content (AvgIpc) is 2.38. The lowest BCUT2D eigenvalue weighted by Gasteiger charge is -2.39. The minimum atomic E-state index is -0.380. The molecule has 1 aromatic rings. The van der Waals surface area contributed by atoms with Gasteiger partial charge in [0.1, 0.15) is 0 Å². The van der Waals surface area contributed by atoms with Gasteiger partial charge in [0, 0.05) is 18.8 Å². The lowest BCUT2D eigenvalue weighted by atomic mass is 9.75. The van der Waals surface area contributed by atoms with E-state index in [0.717, 1.165) is 5.56 Å². The fraction of sp³-hybridized carbons (Fsp3) is 0.647. The van der Waals surface area contributed by atoms with Gasteiger partial charge < -0.3 is 10.0 Å². The highest BCUT2D eigenvalue weighted by Crippen LogP contribution is 2.37. The van der Waals surface area contributed by atoms with Crippen molar-refractivity contribution in [2.24, 2.45) is 5.41 Å². The smallest absolute Gasteiger partial charge is 0.0761 e. The molecule has 1 fully saturated rings. The second kappa shape index (κ2) is 5.54. The van der Waals surface area contributed by atoms with Gasteiger partial charge >= 0.3 is 0 Å². The van der Waals surface area contributed by atoms with E-state index in [2.05, 4.69) is 37.9 Å². The topological polar surface area (TPSA) is 23.5 Å². The summed E-state index contributed by atoms with van der Waals surface area (Å²) in [5.74, 6) is 0. The normalized spacial score (nSPS) is 21.1. The first-order chi connectivity index (χ1) is 8.89. The van der Waals surface area contributed by atoms with E-state index in [1.54, 1.807) is 0 Å². The summed E-state index contributed by atoms with van der Waals surface area (Å²) >= 11 is 0. The summed E-state index contributed by atoms with van der Waals surface area (Å²) in [6.07, 6.45) is 4.81. The first-order valence-corrected chi connectivity index (χ1v) is 7.40. The zero-order valence-corrected chi connectivity index (χ0v) is 12.7. The molecule has 1 N–H and O–H groups in total. The fourth-order valence-electron chi connectivity index (χ4n) is 2.97. The second-order valence-corrected chi connectivity index (χ2v) is 6.77. The quantitative estimate of drug-likeness (QED) is 0.883. The molecule has 0 saturated heterocycles. The summed E-state index contributed by atoms with van der Waals surface area (Å²) < 4.78 is 0. The molecule has 1 atom stereocenters. The summed E-state index contributed by atoms with van der Waals surface area (Å²) in [6, 6.07) is 8.97. The Morgan fingerprint density at radius 2 is 1.68 bits per heavy atom. The molecule has 0 radical (unpaired) electrons. The van der Waals surface area contributed by atoms with Crippen LogP contribution in [-0.4, -0.2) is 18.2 Å². The van der Waals surface area contributed by atoms with Crippen molar-refractivity contribution in [3.05, 3.63) is 29.8 Å². The van der Waals surface area contributed by atoms with E-state index in [0.29, 0.717) is 11.5 Å². The van der Waals surface area contributed by atoms with Crippen LogP contribution in [0.15, 0.2) is 24.3 Å². The number of hydrogen-bond acceptors (Lipinski definition) is 2. The summed E-state index contributed by atoms with van der Waals surface area (Å²) in [5, 5.41) is 9.55. The number of benzene rings is 1. The molecule has 0 heterocycles. The molecule has 19 heavy (non-hydrogen) atoms. The van der Waals surface area contributed by atoms with Crippen LogP contribution >= 0.6 is 0 Å². The van der Waals surface area contributed by atoms with E-state index >= 15 is 0 Å². The summed E-state index contributed by atoms with van der Waals surface area (Å²) in [6.45, 7) is 6.56. The number of anilines is 1. The van der Waals surface area contributed by atoms with Crippen molar-refractivity contribution in [2.75, 3.05) is 11.9 Å². The van der Waals surface area contributed by atoms with Crippen molar-refractivity contribution < 1.29 is 5.11 Å². The van der Waals surface area contributed by atoms with Crippen molar-refractivity contribution in [3.8, 4) is 0 Å². The van der Waals surface area contributed by atoms with Gasteiger partial charge in [-0.2, -0.15) is 0 Å². The van der Waals surface area contributed by atoms with Gasteiger partial charge in [0.15, 0.2) is 0 Å². The summed E-state index contributed by atoms with van der Waals surface area (Å²) in [5.41, 5.74) is 2.77. The molecular weight excluding hydrogens is 234 g/mol. The largest absolute Gasteiger partial charge is 0.389 e. The van der Waals surface area contributed by atoms with Gasteiger partial charge in [-0.3, -0.25) is 0 Å². The van der Waals surface area contributed by atoms with Crippen molar-refractivity contribution in [1.82, 2.24) is 0 Å². The van der Waals surface area contributed by atoms with E-state index in [1.807, 2.05) is 19.1 Å². The molecule has 1 aromatic carbocycles. The van der Waals surface area contributed by atoms with E-state index in [1.165, 1.54) is 31.4 Å². The molecule has 1 aliphatic rings. The molecule has 2 rings (SSSR count). The Balaban J connectivity index is 2.02. The van der Waals surface area contributed by atoms with Crippen LogP contribution in [-0.2, 0) is 0 Å². The van der Waals surface area contributed by atoms with Crippen molar-refractivity contribution in [1.29, 1.82) is 0 Å². The van der Waals surface area contributed by atoms with Gasteiger partial charge in [-0.1, -0.05) is 26.0 Å². The first kappa shape index (κ1) is 14.4. The monoisotopic (exact) mass is 261 g/mol. The van der Waals surface area contributed by atoms with Crippen LogP contribution in [0, 0.1) is 5.41 Å². The van der Waals surface area contributed by atoms with Crippen molar-refractivity contribution >= 4 is 5.69 Å². The minimum absolute atomic E-state index is 0.380. The Morgan fingerprint density at radius 3 is 2.16 bits per heavy atom. The van der Waals surface area contributed by atoms with Crippen LogP contribution in [0.4, 0.5) is 5.69 Å². The highest BCUT2D eigenvalue weighted by atomic mass is 16.3. The molecule has 2 nitrogen and oxygen atoms in total. The SMILES string of the molecule is CC(O)c1ccc(N(C)C2CCC(C)(C)CC2)cc1. The Bertz CT molecular complexity index is 398. The lowest BCUT2D eigenvalue weighted by Crippen LogP contribution is -2.37. The zero-order valence-electron chi connectivity index (χ0n) is 12.7. The second-order valence-electron chi connectivity index (χ2n) is 6.77. The van der Waals surface area contributed by atoms with Crippen LogP contribution in [0.1, 0.15) is 58.1 Å². The van der Waals surface area contributed by atoms with Crippen LogP contribution in [0.25, 0.3) is 0 Å². The maximum absolute atomic E-state index is 9.55. The van der Waals surface area contributed by atoms with Gasteiger partial charge in [0.05, 0.1) is 6.10 Å². The Labute approximate surface area is 117 Å². The number of rotatable bonds is 3. The zero-order chi connectivity index (χ0) is 14.0. The van der Waals surface area contributed by atoms with Gasteiger partial charge in [-0.25, -0.2) is 0 Å². The van der Waals surface area contributed by atoms with Gasteiger partial charge in [-0.05, 0) is 55.7 Å². The molecule has 0 spiro atoms. The predicted octanol–water partition coefficient (Wildman–Crippen LogP) is 4.14. The molecule has 0 bridgehead atoms. The predicted molar refractivity (Wildman–Crippen MR) is 81.5 cm³/mol. The highest BCUT2D eigenvalue weighted by molar-refractivity contribution is 5.48. The number of aliphatic hydroxyl groups is 1. The Hall–Kier alpha value is -1.02. The third kappa shape index (κ3) is 3.50. The Morgan fingerprint density at radius 1 is 1.16 bits per heavy atom. The lowest BCUT2D eigenvalue weighted by molar-refractivity contribution is 0.199. The Kier molecular flexibility index (Phi) is 4.19. The molecule has 1 saturated carbocycles. The highest BCUT2D eigenvalue weighted by Gasteiger charge is 2.28. The van der Waals surface area contributed by atoms with Crippen molar-refractivity contribution in [3.63, 3.8) is 0 Å². The molecular formula is C17H27NO. The molecule has 0 aromatic heterocycles. The third-order valence-electron chi connectivity index (χ3n) is 4.64. The first-order valence-electron chi connectivity index (χ1n) is 7.40. The van der Waals surface area contributed by atoms with E-state index in [9.17, 15) is 5.11 Å². The maximum Gasteiger partial charge on any atom is 0.0761 e. The summed E-state index contributed by atoms with van der Waals surface area (Å²) in [4.78, 5) is 2.40. The number of hydrogen-bond donors (Lipinski definition) is 1. The maximum atomic E-state index is 9.55. The van der Waals surface area contributed by atoms with Gasteiger partial charge in [0.2, 0.25) is 0 Å². The molecule has 1 unspecified atom stereocenters. The molecule has 0 aliphatic heterocycles. The fourth-order valence-corrected chi connectivity index (χ4v) is 2.97. The molecule has 2 heteroatoms. The standard InChI is InChI=1S/C17H27NO/c1-13(19)14-5-7-15(8-6-14)18(4)16-9-11-17(2,3)12-10-16/h5-8,13,16,19H,9-12H2,1-4H3. The average molecular weight is 261 g/mol. The van der Waals surface area contributed by atoms with E-state index in [4.69, 9.17) is 0 Å². The molecule has 0 amide bonds. The van der Waals surface area contributed by atoms with Crippen LogP contribution < -0.4 is 4.90 Å². The van der Waals surface area contributed by atoms with E-state index in [-0.39, 0.29) is 6.10 Å². The van der Waals surface area contributed by atoms with E-state index < -0.39 is 0 Å². The van der Waals surface area contributed by atoms with Crippen LogP contribution in [0.3, 0.4) is 0 Å². The number of aliphatic hydroxyl groups excluding tert-OH is 1. The van der Waals surface area contributed by atoms with Gasteiger partial charge in [0.25, 0.3) is 0 Å². The minimum Gasteiger partial charge on any atom is -0.389 e. The molecule has 106 valence electrons. The van der Waals surface area contributed by atoms with Crippen LogP contribution in [0.5, 0.6) is 0 Å². The number of nitrogens with zero attached hydrogens (tertiary/aromatic N) is 1. The molecule has 1 aliphatic carbocycles. The third-order valence-corrected chi connectivity index (χ3v) is 4.64. The van der Waals surface area contributed by atoms with Crippen molar-refractivity contribution in [2.45, 2.75) is 58.6 Å². The summed E-state index contributed by atoms with van der Waals surface area (Å²) in [7, 11) is 2.19. The van der Waals surface area contributed by atoms with Crippen LogP contribution in [0.2, 0.25) is 0 Å².